The molecule has 0 radical (unpaired) electrons. The summed E-state index contributed by atoms with van der Waals surface area (Å²) in [6.45, 7) is -9.86. The van der Waals surface area contributed by atoms with Crippen LogP contribution in [0.4, 0.5) is 154 Å². The summed E-state index contributed by atoms with van der Waals surface area (Å²) < 4.78 is 413. The molecule has 43 heteroatoms. The molecule has 0 fully saturated rings. The Bertz CT molecular complexity index is 1340. The first-order chi connectivity index (χ1) is 29.2. The quantitative estimate of drug-likeness (QED) is 0.0809. The lowest BCUT2D eigenvalue weighted by Crippen LogP contribution is -2.61. The largest absolute Gasteiger partial charge is 0.487 e. The molecular formula is C24H22F35NO6S. The summed E-state index contributed by atoms with van der Waals surface area (Å²) in [5.74, 6) is -18.4. The van der Waals surface area contributed by atoms with Crippen LogP contribution in [0.25, 0.3) is 0 Å². The number of amides is 1. The third-order valence-corrected chi connectivity index (χ3v) is 5.74. The van der Waals surface area contributed by atoms with Gasteiger partial charge in [0.25, 0.3) is 5.91 Å². The lowest BCUT2D eigenvalue weighted by Gasteiger charge is -2.34. The Kier molecular flexibility index (Phi) is 30.1. The van der Waals surface area contributed by atoms with Gasteiger partial charge in [-0.2, -0.15) is 144 Å². The van der Waals surface area contributed by atoms with Crippen molar-refractivity contribution in [1.29, 1.82) is 0 Å². The van der Waals surface area contributed by atoms with Crippen LogP contribution in [0.15, 0.2) is 0 Å². The molecule has 0 saturated carbocycles. The topological polar surface area (TPSA) is 75.2 Å². The van der Waals surface area contributed by atoms with Crippen molar-refractivity contribution in [3.8, 4) is 0 Å². The zero-order chi connectivity index (χ0) is 55.4. The number of carbonyl (C=O) groups excluding carboxylic acids is 1. The monoisotopic (exact) mass is 1120 g/mol. The summed E-state index contributed by atoms with van der Waals surface area (Å²) in [5.41, 5.74) is 0. The summed E-state index contributed by atoms with van der Waals surface area (Å²) in [6, 6.07) is 0. The molecule has 0 saturated heterocycles. The van der Waals surface area contributed by atoms with E-state index in [1.165, 1.54) is 4.94 Å². The van der Waals surface area contributed by atoms with Crippen LogP contribution in [0.1, 0.15) is 25.7 Å². The molecule has 0 bridgehead atoms. The fraction of sp³-hybridized carbons (Fsp3) is 0.958. The van der Waals surface area contributed by atoms with Crippen molar-refractivity contribution >= 4 is 18.5 Å². The highest BCUT2D eigenvalue weighted by molar-refractivity contribution is 7.80. The molecule has 67 heavy (non-hydrogen) atoms. The van der Waals surface area contributed by atoms with Crippen LogP contribution in [0.3, 0.4) is 0 Å². The lowest BCUT2D eigenvalue weighted by atomic mass is 10.2. The third-order valence-electron chi connectivity index (χ3n) is 5.42. The van der Waals surface area contributed by atoms with Crippen LogP contribution in [-0.4, -0.2) is 125 Å². The van der Waals surface area contributed by atoms with Crippen molar-refractivity contribution in [2.24, 2.45) is 0 Å². The van der Waals surface area contributed by atoms with E-state index in [1.807, 2.05) is 0 Å². The van der Waals surface area contributed by atoms with Crippen molar-refractivity contribution < 1.29 is 182 Å². The Morgan fingerprint density at radius 1 is 0.418 bits per heavy atom. The highest BCUT2D eigenvalue weighted by Crippen LogP contribution is 2.51. The van der Waals surface area contributed by atoms with Crippen LogP contribution in [0.5, 0.6) is 0 Å². The summed E-state index contributed by atoms with van der Waals surface area (Å²) in [4.78, 5) is 12.5. The number of halogens is 35. The molecule has 0 aliphatic heterocycles. The van der Waals surface area contributed by atoms with Gasteiger partial charge in [-0.1, -0.05) is 12.8 Å². The normalized spacial score (nSPS) is 16.2. The Balaban J connectivity index is -0.000000253. The number of hydrogen-bond acceptors (Lipinski definition) is 7. The first-order valence-corrected chi connectivity index (χ1v) is 15.6. The van der Waals surface area contributed by atoms with Crippen molar-refractivity contribution in [3.63, 3.8) is 0 Å². The number of rotatable bonds is 18. The Morgan fingerprint density at radius 2 is 0.746 bits per heavy atom. The third kappa shape index (κ3) is 24.5. The minimum Gasteiger partial charge on any atom is -0.351 e. The van der Waals surface area contributed by atoms with Gasteiger partial charge in [-0.15, -0.1) is 4.94 Å². The zero-order valence-corrected chi connectivity index (χ0v) is 31.6. The SMILES string of the molecule is FC(F)(F)C(F)(F)F.FCC(F)(F)F.FCOC(F)(C(F)(F)F)C(F)(F)OC(F)(F)C(F)(F)F.FCOC(F)(C(F)(F)F)C(F)(F)OF.O=C(NCCCCCCS)C(F)(OCF)C(F)(F)F. The van der Waals surface area contributed by atoms with E-state index in [0.717, 1.165) is 12.8 Å². The van der Waals surface area contributed by atoms with Gasteiger partial charge in [-0.05, 0) is 23.1 Å². The molecule has 0 aliphatic carbocycles. The van der Waals surface area contributed by atoms with Crippen molar-refractivity contribution in [1.82, 2.24) is 5.32 Å². The van der Waals surface area contributed by atoms with Gasteiger partial charge in [0.1, 0.15) is 0 Å². The van der Waals surface area contributed by atoms with Crippen LogP contribution in [-0.2, 0) is 28.7 Å². The van der Waals surface area contributed by atoms with Gasteiger partial charge in [0, 0.05) is 6.54 Å². The smallest absolute Gasteiger partial charge is 0.351 e. The minimum atomic E-state index is -6.89. The second kappa shape index (κ2) is 27.5. The van der Waals surface area contributed by atoms with E-state index in [1.54, 1.807) is 10.1 Å². The van der Waals surface area contributed by atoms with E-state index in [2.05, 4.69) is 26.8 Å². The molecule has 0 spiro atoms. The number of nitrogens with one attached hydrogen (secondary N) is 1. The predicted molar refractivity (Wildman–Crippen MR) is 145 cm³/mol. The van der Waals surface area contributed by atoms with E-state index < -0.39 is 112 Å². The molecule has 0 aromatic heterocycles. The fourth-order valence-electron chi connectivity index (χ4n) is 2.40. The predicted octanol–water partition coefficient (Wildman–Crippen LogP) is 13.0. The molecule has 410 valence electrons. The number of alkyl halides is 34. The summed E-state index contributed by atoms with van der Waals surface area (Å²) in [7, 11) is 0. The summed E-state index contributed by atoms with van der Waals surface area (Å²) in [5, 5.41) is 1.75. The summed E-state index contributed by atoms with van der Waals surface area (Å²) in [6.07, 6.45) is -59.5. The molecule has 3 unspecified atom stereocenters. The van der Waals surface area contributed by atoms with E-state index in [9.17, 15) is 159 Å². The molecule has 0 aromatic carbocycles. The van der Waals surface area contributed by atoms with Crippen LogP contribution >= 0.6 is 12.6 Å². The maximum Gasteiger partial charge on any atom is 0.487 e. The van der Waals surface area contributed by atoms with Crippen LogP contribution < -0.4 is 5.32 Å². The van der Waals surface area contributed by atoms with Crippen LogP contribution in [0.2, 0.25) is 0 Å². The van der Waals surface area contributed by atoms with E-state index in [0.29, 0.717) is 18.6 Å². The highest BCUT2D eigenvalue weighted by atomic mass is 32.1. The number of unbranched alkanes of at least 4 members (excludes halogenated alkanes) is 3. The van der Waals surface area contributed by atoms with Crippen molar-refractivity contribution in [2.45, 2.75) is 105 Å². The average molecular weight is 1120 g/mol. The first-order valence-electron chi connectivity index (χ1n) is 15.0. The minimum absolute atomic E-state index is 0.136. The number of carbonyl (C=O) groups is 1. The second-order valence-corrected chi connectivity index (χ2v) is 10.9. The molecule has 1 N–H and O–H groups in total. The fourth-order valence-corrected chi connectivity index (χ4v) is 2.63. The van der Waals surface area contributed by atoms with E-state index in [4.69, 9.17) is 0 Å². The number of thiol groups is 1. The molecule has 0 rings (SSSR count). The molecule has 3 atom stereocenters. The average Bonchev–Trinajstić information content (AvgIpc) is 3.10. The molecule has 0 heterocycles. The second-order valence-electron chi connectivity index (χ2n) is 10.4. The van der Waals surface area contributed by atoms with Crippen molar-refractivity contribution in [3.05, 3.63) is 0 Å². The van der Waals surface area contributed by atoms with Gasteiger partial charge >= 0.3 is 79.1 Å². The van der Waals surface area contributed by atoms with Gasteiger partial charge in [-0.3, -0.25) is 14.3 Å². The van der Waals surface area contributed by atoms with Gasteiger partial charge < -0.3 is 10.1 Å². The Hall–Kier alpha value is -2.83. The number of ether oxygens (including phenoxy) is 4. The summed E-state index contributed by atoms with van der Waals surface area (Å²) >= 11 is 3.97. The van der Waals surface area contributed by atoms with E-state index in [-0.39, 0.29) is 6.54 Å². The van der Waals surface area contributed by atoms with Crippen molar-refractivity contribution in [2.75, 3.05) is 39.6 Å². The Labute approximate surface area is 351 Å². The molecule has 0 aromatic rings. The molecule has 7 nitrogen and oxygen atoms in total. The molecule has 1 amide bonds. The van der Waals surface area contributed by atoms with Gasteiger partial charge in [-0.25, -0.2) is 22.3 Å². The molecular weight excluding hydrogens is 1100 g/mol. The van der Waals surface area contributed by atoms with Crippen LogP contribution in [0, 0.1) is 0 Å². The Morgan fingerprint density at radius 3 is 0.985 bits per heavy atom. The maximum absolute atomic E-state index is 13.3. The highest BCUT2D eigenvalue weighted by Gasteiger charge is 2.79. The standard InChI is InChI=1S/C10H16F5NO2S.C6H2F12O2.C4H2F8O2.C2F6.C2H2F4/c11-7-18-9(12,10(13,14)15)8(17)16-5-3-1-2-4-6-19;7-1-19-2(8,3(9,10)11)5(15,16)20-6(17,18)4(12,13)14;5-1-13-2(6,3(7,8)9)4(10,11)14-12;3-1(4,5)2(6,7)8;3-1-2(4,5)6/h19H,1-7H2,(H,16,17);1H2;1H2;;1H2. The number of hydrogen-bond donors (Lipinski definition) is 2. The van der Waals surface area contributed by atoms with E-state index >= 15 is 0 Å². The maximum atomic E-state index is 13.3. The van der Waals surface area contributed by atoms with Gasteiger partial charge in [0.2, 0.25) is 0 Å². The molecule has 0 aliphatic rings. The zero-order valence-electron chi connectivity index (χ0n) is 30.7. The first kappa shape index (κ1) is 73.1. The lowest BCUT2D eigenvalue weighted by molar-refractivity contribution is -0.526. The van der Waals surface area contributed by atoms with Gasteiger partial charge in [0.15, 0.2) is 27.3 Å². The van der Waals surface area contributed by atoms with Gasteiger partial charge in [0.05, 0.1) is 0 Å².